The van der Waals surface area contributed by atoms with Crippen LogP contribution in [0.1, 0.15) is 12.8 Å². The summed E-state index contributed by atoms with van der Waals surface area (Å²) in [5, 5.41) is 49.8. The van der Waals surface area contributed by atoms with E-state index in [0.717, 1.165) is 0 Å². The first-order valence-electron chi connectivity index (χ1n) is 6.15. The summed E-state index contributed by atoms with van der Waals surface area (Å²) in [5.74, 6) is -5.11. The maximum atomic E-state index is 11.3. The van der Waals surface area contributed by atoms with Crippen LogP contribution in [0.15, 0.2) is 0 Å². The molecule has 2 atom stereocenters. The molecule has 2 unspecified atom stereocenters. The third-order valence-corrected chi connectivity index (χ3v) is 3.85. The summed E-state index contributed by atoms with van der Waals surface area (Å²) in [7, 11) is 2.38. The van der Waals surface area contributed by atoms with E-state index in [2.05, 4.69) is 0 Å². The fourth-order valence-electron chi connectivity index (χ4n) is 2.92. The molecule has 1 aliphatic carbocycles. The molecule has 22 heavy (non-hydrogen) atoms. The minimum absolute atomic E-state index is 0.712. The molecule has 1 saturated carbocycles. The molecule has 0 aliphatic heterocycles. The maximum Gasteiger partial charge on any atom is 0.343 e. The number of carbonyl (C=O) groups is 2. The van der Waals surface area contributed by atoms with Crippen molar-refractivity contribution in [2.45, 2.75) is 36.4 Å². The Kier molecular flexibility index (Phi) is 5.07. The molecular weight excluding hydrogens is 306 g/mol. The standard InChI is InChI=1S/C11H17NO10/c1-21-6(22-2)5-3-10(17,8(13)14)7(12(19)20)11(18,4-5)9(15)16/h5-7,17-18H,3-4H2,1-2H3,(H,13,14)(H,15,16). The summed E-state index contributed by atoms with van der Waals surface area (Å²) in [5.41, 5.74) is -6.18. The summed E-state index contributed by atoms with van der Waals surface area (Å²) >= 11 is 0. The van der Waals surface area contributed by atoms with E-state index in [1.807, 2.05) is 0 Å². The van der Waals surface area contributed by atoms with Gasteiger partial charge < -0.3 is 29.9 Å². The smallest absolute Gasteiger partial charge is 0.343 e. The lowest BCUT2D eigenvalue weighted by Gasteiger charge is -2.44. The predicted molar refractivity (Wildman–Crippen MR) is 66.5 cm³/mol. The van der Waals surface area contributed by atoms with Gasteiger partial charge in [0.2, 0.25) is 11.2 Å². The molecule has 0 aromatic rings. The predicted octanol–water partition coefficient (Wildman–Crippen LogP) is -1.71. The average molecular weight is 323 g/mol. The number of rotatable bonds is 6. The second-order valence-electron chi connectivity index (χ2n) is 5.15. The highest BCUT2D eigenvalue weighted by Crippen LogP contribution is 2.43. The van der Waals surface area contributed by atoms with E-state index in [-0.39, 0.29) is 0 Å². The van der Waals surface area contributed by atoms with E-state index in [1.54, 1.807) is 0 Å². The van der Waals surface area contributed by atoms with Crippen LogP contribution in [-0.4, -0.2) is 75.0 Å². The van der Waals surface area contributed by atoms with Gasteiger partial charge in [0.05, 0.1) is 0 Å². The van der Waals surface area contributed by atoms with Crippen LogP contribution in [0.5, 0.6) is 0 Å². The fourth-order valence-corrected chi connectivity index (χ4v) is 2.92. The molecule has 11 heteroatoms. The number of methoxy groups -OCH3 is 2. The zero-order chi connectivity index (χ0) is 17.3. The van der Waals surface area contributed by atoms with Gasteiger partial charge in [0.15, 0.2) is 6.29 Å². The summed E-state index contributed by atoms with van der Waals surface area (Å²) in [6, 6.07) is -2.64. The fraction of sp³-hybridized carbons (Fsp3) is 0.818. The van der Waals surface area contributed by atoms with Crippen molar-refractivity contribution in [1.29, 1.82) is 0 Å². The molecular formula is C11H17NO10. The van der Waals surface area contributed by atoms with E-state index in [9.17, 15) is 29.9 Å². The number of ether oxygens (including phenoxy) is 2. The van der Waals surface area contributed by atoms with Crippen molar-refractivity contribution >= 4 is 11.9 Å². The first-order valence-corrected chi connectivity index (χ1v) is 6.15. The van der Waals surface area contributed by atoms with Crippen LogP contribution in [0.4, 0.5) is 0 Å². The van der Waals surface area contributed by atoms with Crippen LogP contribution >= 0.6 is 0 Å². The number of nitrogens with zero attached hydrogens (tertiary/aromatic N) is 1. The van der Waals surface area contributed by atoms with Gasteiger partial charge in [-0.1, -0.05) is 0 Å². The van der Waals surface area contributed by atoms with Gasteiger partial charge in [-0.15, -0.1) is 0 Å². The Morgan fingerprint density at radius 2 is 1.50 bits per heavy atom. The number of hydrogen-bond donors (Lipinski definition) is 4. The molecule has 0 aromatic carbocycles. The van der Waals surface area contributed by atoms with E-state index in [4.69, 9.17) is 19.7 Å². The van der Waals surface area contributed by atoms with Gasteiger partial charge in [-0.3, -0.25) is 10.1 Å². The molecule has 0 bridgehead atoms. The molecule has 1 fully saturated rings. The van der Waals surface area contributed by atoms with E-state index in [1.165, 1.54) is 14.2 Å². The van der Waals surface area contributed by atoms with Gasteiger partial charge >= 0.3 is 11.9 Å². The number of aliphatic hydroxyl groups is 2. The van der Waals surface area contributed by atoms with Gasteiger partial charge in [-0.25, -0.2) is 9.59 Å². The van der Waals surface area contributed by atoms with Gasteiger partial charge in [0.1, 0.15) is 0 Å². The number of carboxylic acids is 2. The SMILES string of the molecule is COC(OC)C1CC(O)(C(=O)O)C([N+](=O)[O-])C(O)(C(=O)O)C1. The quantitative estimate of drug-likeness (QED) is 0.250. The van der Waals surface area contributed by atoms with Crippen molar-refractivity contribution < 1.29 is 44.4 Å². The molecule has 0 aromatic heterocycles. The molecule has 0 saturated heterocycles. The molecule has 1 aliphatic rings. The highest BCUT2D eigenvalue weighted by molar-refractivity contribution is 5.84. The molecule has 0 heterocycles. The lowest BCUT2D eigenvalue weighted by Crippen LogP contribution is -2.71. The Morgan fingerprint density at radius 1 is 1.14 bits per heavy atom. The molecule has 1 rings (SSSR count). The molecule has 0 radical (unpaired) electrons. The van der Waals surface area contributed by atoms with Crippen molar-refractivity contribution in [3.63, 3.8) is 0 Å². The molecule has 11 nitrogen and oxygen atoms in total. The molecule has 0 amide bonds. The average Bonchev–Trinajstić information content (AvgIpc) is 2.38. The van der Waals surface area contributed by atoms with Crippen molar-refractivity contribution in [3.05, 3.63) is 10.1 Å². The molecule has 4 N–H and O–H groups in total. The third kappa shape index (κ3) is 2.75. The highest BCUT2D eigenvalue weighted by Gasteiger charge is 2.71. The summed E-state index contributed by atoms with van der Waals surface area (Å²) in [4.78, 5) is 32.4. The van der Waals surface area contributed by atoms with Crippen LogP contribution in [0.2, 0.25) is 0 Å². The topological polar surface area (TPSA) is 177 Å². The Labute approximate surface area is 124 Å². The van der Waals surface area contributed by atoms with Crippen LogP contribution in [-0.2, 0) is 19.1 Å². The normalized spacial score (nSPS) is 35.3. The second kappa shape index (κ2) is 6.12. The zero-order valence-corrected chi connectivity index (χ0v) is 11.8. The highest BCUT2D eigenvalue weighted by atomic mass is 16.7. The lowest BCUT2D eigenvalue weighted by atomic mass is 9.66. The minimum atomic E-state index is -3.09. The van der Waals surface area contributed by atoms with Crippen molar-refractivity contribution in [2.24, 2.45) is 5.92 Å². The minimum Gasteiger partial charge on any atom is -0.479 e. The molecule has 126 valence electrons. The van der Waals surface area contributed by atoms with Gasteiger partial charge in [-0.2, -0.15) is 0 Å². The number of carboxylic acid groups (broad SMARTS) is 2. The van der Waals surface area contributed by atoms with Gasteiger partial charge in [0, 0.05) is 37.9 Å². The van der Waals surface area contributed by atoms with E-state index >= 15 is 0 Å². The van der Waals surface area contributed by atoms with E-state index < -0.39 is 59.2 Å². The van der Waals surface area contributed by atoms with E-state index in [0.29, 0.717) is 0 Å². The van der Waals surface area contributed by atoms with Crippen molar-refractivity contribution in [2.75, 3.05) is 14.2 Å². The third-order valence-electron chi connectivity index (χ3n) is 3.85. The Hall–Kier alpha value is -1.82. The lowest BCUT2D eigenvalue weighted by molar-refractivity contribution is -0.567. The van der Waals surface area contributed by atoms with Crippen molar-refractivity contribution in [3.8, 4) is 0 Å². The largest absolute Gasteiger partial charge is 0.479 e. The van der Waals surface area contributed by atoms with Gasteiger partial charge in [-0.05, 0) is 0 Å². The first kappa shape index (κ1) is 18.2. The van der Waals surface area contributed by atoms with Crippen molar-refractivity contribution in [1.82, 2.24) is 0 Å². The van der Waals surface area contributed by atoms with Crippen LogP contribution in [0.25, 0.3) is 0 Å². The Balaban J connectivity index is 3.44. The zero-order valence-electron chi connectivity index (χ0n) is 11.8. The number of hydrogen-bond acceptors (Lipinski definition) is 8. The number of nitro groups is 1. The number of aliphatic carboxylic acids is 2. The summed E-state index contributed by atoms with van der Waals surface area (Å²) in [6.07, 6.45) is -2.57. The van der Waals surface area contributed by atoms with Crippen LogP contribution in [0.3, 0.4) is 0 Å². The Bertz CT molecular complexity index is 447. The second-order valence-corrected chi connectivity index (χ2v) is 5.15. The first-order chi connectivity index (χ1) is 10.0. The summed E-state index contributed by atoms with van der Waals surface area (Å²) in [6.45, 7) is 0. The monoisotopic (exact) mass is 323 g/mol. The maximum absolute atomic E-state index is 11.3. The summed E-state index contributed by atoms with van der Waals surface area (Å²) < 4.78 is 9.76. The Morgan fingerprint density at radius 3 is 1.73 bits per heavy atom. The van der Waals surface area contributed by atoms with Crippen LogP contribution < -0.4 is 0 Å². The van der Waals surface area contributed by atoms with Crippen LogP contribution in [0, 0.1) is 16.0 Å². The molecule has 0 spiro atoms. The van der Waals surface area contributed by atoms with Gasteiger partial charge in [0.25, 0.3) is 6.04 Å².